The van der Waals surface area contributed by atoms with Crippen molar-refractivity contribution in [3.63, 3.8) is 0 Å². The number of halogens is 1. The first kappa shape index (κ1) is 14.7. The number of carbonyl (C=O) groups is 1. The normalized spacial score (nSPS) is 17.9. The molecule has 1 heterocycles. The highest BCUT2D eigenvalue weighted by atomic mass is 35.5. The van der Waals surface area contributed by atoms with Crippen molar-refractivity contribution in [1.82, 2.24) is 10.6 Å². The summed E-state index contributed by atoms with van der Waals surface area (Å²) in [4.78, 5) is 22.3. The molecule has 0 radical (unpaired) electrons. The summed E-state index contributed by atoms with van der Waals surface area (Å²) in [5, 5.41) is 17.2. The Labute approximate surface area is 121 Å². The largest absolute Gasteiger partial charge is 0.352 e. The third kappa shape index (κ3) is 3.68. The lowest BCUT2D eigenvalue weighted by atomic mass is 10.1. The van der Waals surface area contributed by atoms with Gasteiger partial charge in [0.05, 0.1) is 4.92 Å². The molecule has 1 aliphatic rings. The van der Waals surface area contributed by atoms with Crippen molar-refractivity contribution in [2.24, 2.45) is 0 Å². The standard InChI is InChI=1S/C13H16ClN3O3/c14-9-3-4-11(12(8-9)17(19)20)13(18)16-7-5-10-2-1-6-15-10/h3-4,8,10,15H,1-2,5-7H2,(H,16,18)/t10-/m0/s1. The van der Waals surface area contributed by atoms with Crippen molar-refractivity contribution >= 4 is 23.2 Å². The van der Waals surface area contributed by atoms with Gasteiger partial charge >= 0.3 is 0 Å². The summed E-state index contributed by atoms with van der Waals surface area (Å²) in [5.41, 5.74) is -0.229. The lowest BCUT2D eigenvalue weighted by Crippen LogP contribution is -2.30. The van der Waals surface area contributed by atoms with Gasteiger partial charge in [0.2, 0.25) is 0 Å². The number of nitrogens with one attached hydrogen (secondary N) is 2. The van der Waals surface area contributed by atoms with Crippen LogP contribution in [-0.2, 0) is 0 Å². The summed E-state index contributed by atoms with van der Waals surface area (Å²) in [6.45, 7) is 1.51. The topological polar surface area (TPSA) is 84.3 Å². The fourth-order valence-corrected chi connectivity index (χ4v) is 2.47. The molecule has 20 heavy (non-hydrogen) atoms. The summed E-state index contributed by atoms with van der Waals surface area (Å²) < 4.78 is 0. The number of amides is 1. The van der Waals surface area contributed by atoms with E-state index in [0.29, 0.717) is 12.6 Å². The molecule has 1 saturated heterocycles. The molecular formula is C13H16ClN3O3. The zero-order valence-corrected chi connectivity index (χ0v) is 11.7. The molecule has 1 atom stereocenters. The lowest BCUT2D eigenvalue weighted by molar-refractivity contribution is -0.385. The minimum absolute atomic E-state index is 0.0405. The number of benzene rings is 1. The van der Waals surface area contributed by atoms with Crippen molar-refractivity contribution in [1.29, 1.82) is 0 Å². The highest BCUT2D eigenvalue weighted by molar-refractivity contribution is 6.31. The van der Waals surface area contributed by atoms with Crippen LogP contribution in [0, 0.1) is 10.1 Å². The minimum atomic E-state index is -0.598. The summed E-state index contributed by atoms with van der Waals surface area (Å²) in [7, 11) is 0. The molecule has 0 aliphatic carbocycles. The second-order valence-corrected chi connectivity index (χ2v) is 5.19. The van der Waals surface area contributed by atoms with E-state index in [1.807, 2.05) is 0 Å². The van der Waals surface area contributed by atoms with E-state index < -0.39 is 10.8 Å². The van der Waals surface area contributed by atoms with Crippen LogP contribution in [0.2, 0.25) is 5.02 Å². The van der Waals surface area contributed by atoms with Gasteiger partial charge in [-0.3, -0.25) is 14.9 Å². The van der Waals surface area contributed by atoms with Crippen LogP contribution in [0.15, 0.2) is 18.2 Å². The van der Waals surface area contributed by atoms with Crippen molar-refractivity contribution in [3.8, 4) is 0 Å². The fraction of sp³-hybridized carbons (Fsp3) is 0.462. The third-order valence-electron chi connectivity index (χ3n) is 3.34. The molecule has 0 saturated carbocycles. The van der Waals surface area contributed by atoms with E-state index in [1.165, 1.54) is 18.2 Å². The van der Waals surface area contributed by atoms with Crippen LogP contribution in [0.25, 0.3) is 0 Å². The SMILES string of the molecule is O=C(NCC[C@@H]1CCCN1)c1ccc(Cl)cc1[N+](=O)[O-]. The van der Waals surface area contributed by atoms with Crippen molar-refractivity contribution in [3.05, 3.63) is 38.9 Å². The van der Waals surface area contributed by atoms with Gasteiger partial charge in [-0.2, -0.15) is 0 Å². The summed E-state index contributed by atoms with van der Waals surface area (Å²) in [6, 6.07) is 4.47. The van der Waals surface area contributed by atoms with Gasteiger partial charge in [-0.1, -0.05) is 11.6 Å². The van der Waals surface area contributed by atoms with E-state index >= 15 is 0 Å². The van der Waals surface area contributed by atoms with E-state index in [0.717, 1.165) is 25.8 Å². The zero-order valence-electron chi connectivity index (χ0n) is 10.9. The molecule has 0 spiro atoms. The molecule has 2 N–H and O–H groups in total. The molecule has 1 fully saturated rings. The van der Waals surface area contributed by atoms with Gasteiger partial charge in [0.25, 0.3) is 11.6 Å². The third-order valence-corrected chi connectivity index (χ3v) is 3.58. The summed E-state index contributed by atoms with van der Waals surface area (Å²) >= 11 is 5.71. The Morgan fingerprint density at radius 1 is 1.55 bits per heavy atom. The van der Waals surface area contributed by atoms with E-state index in [2.05, 4.69) is 10.6 Å². The quantitative estimate of drug-likeness (QED) is 0.644. The van der Waals surface area contributed by atoms with Crippen molar-refractivity contribution < 1.29 is 9.72 Å². The lowest BCUT2D eigenvalue weighted by Gasteiger charge is -2.10. The maximum absolute atomic E-state index is 12.0. The van der Waals surface area contributed by atoms with Gasteiger partial charge in [-0.25, -0.2) is 0 Å². The Kier molecular flexibility index (Phi) is 4.92. The molecule has 7 heteroatoms. The molecule has 6 nitrogen and oxygen atoms in total. The minimum Gasteiger partial charge on any atom is -0.352 e. The second kappa shape index (κ2) is 6.67. The maximum atomic E-state index is 12.0. The zero-order chi connectivity index (χ0) is 14.5. The number of hydrogen-bond donors (Lipinski definition) is 2. The number of nitro benzene ring substituents is 1. The molecule has 1 aliphatic heterocycles. The number of hydrogen-bond acceptors (Lipinski definition) is 4. The van der Waals surface area contributed by atoms with Gasteiger partial charge in [0, 0.05) is 23.7 Å². The molecule has 2 rings (SSSR count). The van der Waals surface area contributed by atoms with Crippen LogP contribution in [0.1, 0.15) is 29.6 Å². The molecule has 1 aromatic carbocycles. The molecule has 0 aromatic heterocycles. The van der Waals surface area contributed by atoms with Gasteiger partial charge in [-0.05, 0) is 37.9 Å². The molecule has 108 valence electrons. The molecule has 1 amide bonds. The summed E-state index contributed by atoms with van der Waals surface area (Å²) in [6.07, 6.45) is 3.09. The highest BCUT2D eigenvalue weighted by Crippen LogP contribution is 2.23. The average Bonchev–Trinajstić information content (AvgIpc) is 2.91. The predicted octanol–water partition coefficient (Wildman–Crippen LogP) is 2.12. The van der Waals surface area contributed by atoms with Gasteiger partial charge < -0.3 is 10.6 Å². The highest BCUT2D eigenvalue weighted by Gasteiger charge is 2.21. The smallest absolute Gasteiger partial charge is 0.283 e. The van der Waals surface area contributed by atoms with Gasteiger partial charge in [-0.15, -0.1) is 0 Å². The van der Waals surface area contributed by atoms with Crippen molar-refractivity contribution in [2.45, 2.75) is 25.3 Å². The second-order valence-electron chi connectivity index (χ2n) is 4.76. The Balaban J connectivity index is 1.96. The van der Waals surface area contributed by atoms with Crippen LogP contribution in [-0.4, -0.2) is 30.0 Å². The number of carbonyl (C=O) groups excluding carboxylic acids is 1. The first-order valence-electron chi connectivity index (χ1n) is 6.53. The Hall–Kier alpha value is -1.66. The van der Waals surface area contributed by atoms with Gasteiger partial charge in [0.1, 0.15) is 5.56 Å². The van der Waals surface area contributed by atoms with E-state index in [9.17, 15) is 14.9 Å². The molecule has 1 aromatic rings. The van der Waals surface area contributed by atoms with Crippen LogP contribution in [0.5, 0.6) is 0 Å². The Morgan fingerprint density at radius 2 is 2.35 bits per heavy atom. The predicted molar refractivity (Wildman–Crippen MR) is 76.1 cm³/mol. The van der Waals surface area contributed by atoms with E-state index in [1.54, 1.807) is 0 Å². The average molecular weight is 298 g/mol. The first-order valence-corrected chi connectivity index (χ1v) is 6.91. The van der Waals surface area contributed by atoms with Crippen LogP contribution < -0.4 is 10.6 Å². The first-order chi connectivity index (χ1) is 9.58. The Bertz CT molecular complexity index is 516. The molecular weight excluding hydrogens is 282 g/mol. The number of nitrogens with zero attached hydrogens (tertiary/aromatic N) is 1. The van der Waals surface area contributed by atoms with Crippen LogP contribution in [0.3, 0.4) is 0 Å². The maximum Gasteiger partial charge on any atom is 0.283 e. The Morgan fingerprint density at radius 3 is 3.00 bits per heavy atom. The van der Waals surface area contributed by atoms with Crippen LogP contribution in [0.4, 0.5) is 5.69 Å². The molecule has 0 bridgehead atoms. The number of nitro groups is 1. The van der Waals surface area contributed by atoms with Crippen molar-refractivity contribution in [2.75, 3.05) is 13.1 Å². The number of rotatable bonds is 5. The molecule has 0 unspecified atom stereocenters. The van der Waals surface area contributed by atoms with Crippen LogP contribution >= 0.6 is 11.6 Å². The van der Waals surface area contributed by atoms with E-state index in [-0.39, 0.29) is 16.3 Å². The van der Waals surface area contributed by atoms with E-state index in [4.69, 9.17) is 11.6 Å². The fourth-order valence-electron chi connectivity index (χ4n) is 2.31. The monoisotopic (exact) mass is 297 g/mol. The van der Waals surface area contributed by atoms with Gasteiger partial charge in [0.15, 0.2) is 0 Å². The summed E-state index contributed by atoms with van der Waals surface area (Å²) in [5.74, 6) is -0.439.